The van der Waals surface area contributed by atoms with Crippen LogP contribution in [0, 0.1) is 0 Å². The Morgan fingerprint density at radius 3 is 2.47 bits per heavy atom. The van der Waals surface area contributed by atoms with Crippen molar-refractivity contribution in [1.29, 1.82) is 0 Å². The van der Waals surface area contributed by atoms with Gasteiger partial charge in [0.2, 0.25) is 0 Å². The van der Waals surface area contributed by atoms with E-state index in [9.17, 15) is 13.0 Å². The van der Waals surface area contributed by atoms with E-state index < -0.39 is 10.1 Å². The molecule has 0 fully saturated rings. The molecule has 0 amide bonds. The van der Waals surface area contributed by atoms with E-state index >= 15 is 0 Å². The number of hydrogen-bond donors (Lipinski definition) is 3. The van der Waals surface area contributed by atoms with Gasteiger partial charge in [-0.2, -0.15) is 8.42 Å². The molecule has 19 heavy (non-hydrogen) atoms. The van der Waals surface area contributed by atoms with Gasteiger partial charge in [-0.3, -0.25) is 4.55 Å². The van der Waals surface area contributed by atoms with Crippen LogP contribution in [0.15, 0.2) is 41.3 Å². The quantitative estimate of drug-likeness (QED) is 0.564. The van der Waals surface area contributed by atoms with Crippen molar-refractivity contribution in [3.05, 3.63) is 42.0 Å². The van der Waals surface area contributed by atoms with Crippen molar-refractivity contribution < 1.29 is 13.0 Å². The molecule has 5 nitrogen and oxygen atoms in total. The van der Waals surface area contributed by atoms with Crippen LogP contribution in [0.3, 0.4) is 0 Å². The van der Waals surface area contributed by atoms with Gasteiger partial charge in [-0.15, -0.1) is 0 Å². The first-order chi connectivity index (χ1) is 9.04. The molecule has 0 atom stereocenters. The summed E-state index contributed by atoms with van der Waals surface area (Å²) in [5.41, 5.74) is 6.22. The Morgan fingerprint density at radius 2 is 1.84 bits per heavy atom. The molecule has 0 saturated heterocycles. The van der Waals surface area contributed by atoms with Crippen LogP contribution in [0.4, 0.5) is 0 Å². The summed E-state index contributed by atoms with van der Waals surface area (Å²) in [7, 11) is -4.23. The zero-order valence-corrected chi connectivity index (χ0v) is 11.2. The van der Waals surface area contributed by atoms with E-state index in [1.807, 2.05) is 24.3 Å². The maximum absolute atomic E-state index is 11.4. The molecule has 0 radical (unpaired) electrons. The molecule has 2 rings (SSSR count). The van der Waals surface area contributed by atoms with Crippen molar-refractivity contribution in [2.24, 2.45) is 5.73 Å². The first kappa shape index (κ1) is 14.0. The molecule has 0 aliphatic rings. The lowest BCUT2D eigenvalue weighted by molar-refractivity contribution is 0.484. The topological polar surface area (TPSA) is 92.4 Å². The van der Waals surface area contributed by atoms with E-state index in [2.05, 4.69) is 5.32 Å². The first-order valence-electron chi connectivity index (χ1n) is 5.93. The van der Waals surface area contributed by atoms with E-state index in [0.717, 1.165) is 10.9 Å². The highest BCUT2D eigenvalue weighted by atomic mass is 32.2. The van der Waals surface area contributed by atoms with Crippen molar-refractivity contribution >= 4 is 20.9 Å². The number of benzene rings is 2. The second kappa shape index (κ2) is 5.66. The average Bonchev–Trinajstić information content (AvgIpc) is 2.37. The van der Waals surface area contributed by atoms with Crippen LogP contribution in [0.25, 0.3) is 10.8 Å². The summed E-state index contributed by atoms with van der Waals surface area (Å²) in [6, 6.07) is 10.3. The fraction of sp³-hybridized carbons (Fsp3) is 0.231. The molecule has 0 bridgehead atoms. The lowest BCUT2D eigenvalue weighted by Crippen LogP contribution is -2.22. The molecule has 102 valence electrons. The number of rotatable bonds is 5. The zero-order chi connectivity index (χ0) is 13.9. The summed E-state index contributed by atoms with van der Waals surface area (Å²) in [4.78, 5) is -0.0600. The SMILES string of the molecule is NCCNCc1cccc2cccc(S(=O)(=O)O)c12. The third kappa shape index (κ3) is 3.10. The van der Waals surface area contributed by atoms with Gasteiger partial charge in [0.1, 0.15) is 4.90 Å². The van der Waals surface area contributed by atoms with Crippen molar-refractivity contribution in [2.75, 3.05) is 13.1 Å². The molecule has 0 saturated carbocycles. The smallest absolute Gasteiger partial charge is 0.295 e. The van der Waals surface area contributed by atoms with Gasteiger partial charge in [0.15, 0.2) is 0 Å². The standard InChI is InChI=1S/C13H16N2O3S/c14-7-8-15-9-11-5-1-3-10-4-2-6-12(13(10)11)19(16,17)18/h1-6,15H,7-9,14H2,(H,16,17,18). The van der Waals surface area contributed by atoms with Gasteiger partial charge >= 0.3 is 0 Å². The lowest BCUT2D eigenvalue weighted by Gasteiger charge is -2.10. The number of hydrogen-bond acceptors (Lipinski definition) is 4. The van der Waals surface area contributed by atoms with Gasteiger partial charge in [-0.1, -0.05) is 30.3 Å². The molecular weight excluding hydrogens is 264 g/mol. The average molecular weight is 280 g/mol. The van der Waals surface area contributed by atoms with Crippen LogP contribution in [0.1, 0.15) is 5.56 Å². The minimum atomic E-state index is -4.23. The maximum Gasteiger partial charge on any atom is 0.295 e. The molecule has 6 heteroatoms. The van der Waals surface area contributed by atoms with Crippen LogP contribution in [-0.2, 0) is 16.7 Å². The number of fused-ring (bicyclic) bond motifs is 1. The Kier molecular flexibility index (Phi) is 4.16. The Bertz CT molecular complexity index is 678. The van der Waals surface area contributed by atoms with E-state index in [1.165, 1.54) is 6.07 Å². The van der Waals surface area contributed by atoms with Gasteiger partial charge in [-0.05, 0) is 17.0 Å². The van der Waals surface area contributed by atoms with Gasteiger partial charge in [0.25, 0.3) is 10.1 Å². The van der Waals surface area contributed by atoms with Crippen molar-refractivity contribution in [1.82, 2.24) is 5.32 Å². The molecule has 0 aliphatic carbocycles. The molecule has 0 unspecified atom stereocenters. The third-order valence-electron chi connectivity index (χ3n) is 2.87. The van der Waals surface area contributed by atoms with E-state index in [1.54, 1.807) is 6.07 Å². The Morgan fingerprint density at radius 1 is 1.16 bits per heavy atom. The molecule has 4 N–H and O–H groups in total. The molecule has 2 aromatic carbocycles. The van der Waals surface area contributed by atoms with Crippen LogP contribution in [0.5, 0.6) is 0 Å². The molecule has 0 heterocycles. The number of nitrogens with one attached hydrogen (secondary N) is 1. The summed E-state index contributed by atoms with van der Waals surface area (Å²) < 4.78 is 32.2. The lowest BCUT2D eigenvalue weighted by atomic mass is 10.0. The van der Waals surface area contributed by atoms with E-state index in [4.69, 9.17) is 5.73 Å². The molecule has 0 aliphatic heterocycles. The van der Waals surface area contributed by atoms with Crippen LogP contribution in [0.2, 0.25) is 0 Å². The van der Waals surface area contributed by atoms with Crippen molar-refractivity contribution in [2.45, 2.75) is 11.4 Å². The fourth-order valence-corrected chi connectivity index (χ4v) is 2.83. The summed E-state index contributed by atoms with van der Waals surface area (Å²) in [5, 5.41) is 4.45. The predicted molar refractivity (Wildman–Crippen MR) is 74.5 cm³/mol. The van der Waals surface area contributed by atoms with Gasteiger partial charge in [0, 0.05) is 25.0 Å². The monoisotopic (exact) mass is 280 g/mol. The minimum Gasteiger partial charge on any atom is -0.329 e. The molecule has 0 aromatic heterocycles. The van der Waals surface area contributed by atoms with Gasteiger partial charge < -0.3 is 11.1 Å². The maximum atomic E-state index is 11.4. The summed E-state index contributed by atoms with van der Waals surface area (Å²) in [6.45, 7) is 1.65. The Balaban J connectivity index is 2.58. The van der Waals surface area contributed by atoms with Crippen molar-refractivity contribution in [3.63, 3.8) is 0 Å². The van der Waals surface area contributed by atoms with Crippen LogP contribution in [-0.4, -0.2) is 26.1 Å². The Hall–Kier alpha value is -1.47. The highest BCUT2D eigenvalue weighted by Gasteiger charge is 2.15. The van der Waals surface area contributed by atoms with E-state index in [-0.39, 0.29) is 4.90 Å². The summed E-state index contributed by atoms with van der Waals surface area (Å²) in [5.74, 6) is 0. The fourth-order valence-electron chi connectivity index (χ4n) is 2.07. The highest BCUT2D eigenvalue weighted by Crippen LogP contribution is 2.26. The van der Waals surface area contributed by atoms with Gasteiger partial charge in [0.05, 0.1) is 0 Å². The predicted octanol–water partition coefficient (Wildman–Crippen LogP) is 1.13. The van der Waals surface area contributed by atoms with E-state index in [0.29, 0.717) is 25.0 Å². The molecule has 2 aromatic rings. The van der Waals surface area contributed by atoms with Crippen LogP contribution >= 0.6 is 0 Å². The second-order valence-electron chi connectivity index (χ2n) is 4.21. The normalized spacial score (nSPS) is 11.9. The first-order valence-corrected chi connectivity index (χ1v) is 7.37. The minimum absolute atomic E-state index is 0.0600. The number of nitrogens with two attached hydrogens (primary N) is 1. The van der Waals surface area contributed by atoms with Gasteiger partial charge in [-0.25, -0.2) is 0 Å². The molecule has 0 spiro atoms. The molecular formula is C13H16N2O3S. The van der Waals surface area contributed by atoms with Crippen molar-refractivity contribution in [3.8, 4) is 0 Å². The third-order valence-corrected chi connectivity index (χ3v) is 3.76. The second-order valence-corrected chi connectivity index (χ2v) is 5.60. The summed E-state index contributed by atoms with van der Waals surface area (Å²) in [6.07, 6.45) is 0. The Labute approximate surface area is 112 Å². The largest absolute Gasteiger partial charge is 0.329 e. The summed E-state index contributed by atoms with van der Waals surface area (Å²) >= 11 is 0. The van der Waals surface area contributed by atoms with Crippen LogP contribution < -0.4 is 11.1 Å². The highest BCUT2D eigenvalue weighted by molar-refractivity contribution is 7.86. The zero-order valence-electron chi connectivity index (χ0n) is 10.3.